The average Bonchev–Trinajstić information content (AvgIpc) is 3.57. The van der Waals surface area contributed by atoms with E-state index in [1.807, 2.05) is 37.3 Å². The van der Waals surface area contributed by atoms with Gasteiger partial charge < -0.3 is 25.3 Å². The maximum absolute atomic E-state index is 16.1. The maximum Gasteiger partial charge on any atom is 0.329 e. The molecule has 1 unspecified atom stereocenters. The quantitative estimate of drug-likeness (QED) is 0.116. The molecule has 2 heterocycles. The number of amides is 1. The first-order valence-electron chi connectivity index (χ1n) is 15.2. The normalized spacial score (nSPS) is 11.9. The van der Waals surface area contributed by atoms with Gasteiger partial charge in [-0.05, 0) is 49.9 Å². The lowest BCUT2D eigenvalue weighted by molar-refractivity contribution is -0.138. The number of aliphatic carboxylic acids is 1. The van der Waals surface area contributed by atoms with Crippen molar-refractivity contribution in [2.45, 2.75) is 46.3 Å². The van der Waals surface area contributed by atoms with Crippen LogP contribution < -0.4 is 20.4 Å². The molecule has 49 heavy (non-hydrogen) atoms. The Morgan fingerprint density at radius 1 is 1.08 bits per heavy atom. The molecule has 0 aliphatic rings. The highest BCUT2D eigenvalue weighted by atomic mass is 32.2. The molecule has 0 radical (unpaired) electrons. The molecule has 12 nitrogen and oxygen atoms in total. The van der Waals surface area contributed by atoms with Crippen LogP contribution in [0.2, 0.25) is 0 Å². The molecule has 0 saturated heterocycles. The minimum atomic E-state index is -3.49. The number of thiol groups is 1. The highest BCUT2D eigenvalue weighted by Gasteiger charge is 2.32. The van der Waals surface area contributed by atoms with E-state index in [9.17, 15) is 27.9 Å². The number of nitrogens with zero attached hydrogens (tertiary/aromatic N) is 3. The molecule has 5 aromatic rings. The van der Waals surface area contributed by atoms with E-state index >= 15 is 8.78 Å². The zero-order valence-corrected chi connectivity index (χ0v) is 27.7. The molecule has 0 aliphatic heterocycles. The van der Waals surface area contributed by atoms with Crippen molar-refractivity contribution in [1.82, 2.24) is 19.9 Å². The lowest BCUT2D eigenvalue weighted by Crippen LogP contribution is -2.49. The zero-order chi connectivity index (χ0) is 35.4. The Labute approximate surface area is 281 Å². The first kappa shape index (κ1) is 34.8. The van der Waals surface area contributed by atoms with E-state index in [0.717, 1.165) is 23.4 Å². The number of rotatable bonds is 13. The van der Waals surface area contributed by atoms with Crippen molar-refractivity contribution in [1.29, 1.82) is 0 Å². The number of hydrogen-bond acceptors (Lipinski definition) is 7. The van der Waals surface area contributed by atoms with Crippen molar-refractivity contribution in [2.75, 3.05) is 16.2 Å². The highest BCUT2D eigenvalue weighted by molar-refractivity contribution is 7.74. The molecule has 1 amide bonds. The van der Waals surface area contributed by atoms with Crippen molar-refractivity contribution in [2.24, 2.45) is 0 Å². The maximum atomic E-state index is 16.1. The van der Waals surface area contributed by atoms with E-state index in [2.05, 4.69) is 20.6 Å². The fraction of sp³-hybridized carbons (Fsp3) is 0.235. The van der Waals surface area contributed by atoms with Crippen LogP contribution in [0, 0.1) is 32.4 Å². The van der Waals surface area contributed by atoms with E-state index in [4.69, 9.17) is 0 Å². The summed E-state index contributed by atoms with van der Waals surface area (Å²) in [7, 11) is -3.49. The van der Waals surface area contributed by atoms with Crippen LogP contribution in [-0.2, 0) is 35.2 Å². The van der Waals surface area contributed by atoms with Crippen LogP contribution in [0.3, 0.4) is 0 Å². The van der Waals surface area contributed by atoms with Crippen LogP contribution in [0.4, 0.5) is 20.4 Å². The standard InChI is InChI=1S/C34H34F2N6O6S/c1-19-13-20(2)29(21(3)14-19)42(49(47)48)27(33(45)46)17-39-32(44)25-18-41(12-9-22-7-5-4-6-8-22)30-23(31(25)43)15-26(35)24(28(30)36)16-40-34-37-10-11-38-34/h4-8,10-11,13-15,18,27,49H,9,12,16-17H2,1-3H3,(H,39,44)(H,45,46)(H2,37,38,40). The number of carboxylic acids is 1. The first-order chi connectivity index (χ1) is 23.4. The highest BCUT2D eigenvalue weighted by Crippen LogP contribution is 2.29. The molecule has 3 aromatic carbocycles. The van der Waals surface area contributed by atoms with Gasteiger partial charge in [-0.3, -0.25) is 13.9 Å². The largest absolute Gasteiger partial charge is 0.480 e. The number of pyridine rings is 1. The first-order valence-corrected chi connectivity index (χ1v) is 16.3. The van der Waals surface area contributed by atoms with Gasteiger partial charge >= 0.3 is 5.97 Å². The predicted molar refractivity (Wildman–Crippen MR) is 181 cm³/mol. The monoisotopic (exact) mass is 692 g/mol. The lowest BCUT2D eigenvalue weighted by atomic mass is 10.0. The Bertz CT molecular complexity index is 2140. The van der Waals surface area contributed by atoms with Crippen LogP contribution in [0.25, 0.3) is 10.9 Å². The Kier molecular flexibility index (Phi) is 10.4. The number of hydrogen-bond donors (Lipinski definition) is 5. The molecule has 15 heteroatoms. The Hall–Kier alpha value is -5.57. The van der Waals surface area contributed by atoms with Crippen LogP contribution in [-0.4, -0.2) is 52.5 Å². The van der Waals surface area contributed by atoms with E-state index in [1.54, 1.807) is 26.0 Å². The second-order valence-corrected chi connectivity index (χ2v) is 12.4. The molecule has 1 atom stereocenters. The number of nitrogens with one attached hydrogen (secondary N) is 3. The van der Waals surface area contributed by atoms with E-state index in [1.165, 1.54) is 17.0 Å². The summed E-state index contributed by atoms with van der Waals surface area (Å²) >= 11 is 0. The molecule has 256 valence electrons. The van der Waals surface area contributed by atoms with Gasteiger partial charge in [0.25, 0.3) is 5.91 Å². The van der Waals surface area contributed by atoms with Crippen LogP contribution in [0.5, 0.6) is 0 Å². The minimum Gasteiger partial charge on any atom is -0.480 e. The smallest absolute Gasteiger partial charge is 0.329 e. The predicted octanol–water partition coefficient (Wildman–Crippen LogP) is 4.00. The van der Waals surface area contributed by atoms with Gasteiger partial charge in [0.1, 0.15) is 11.4 Å². The number of aromatic amines is 1. The third-order valence-electron chi connectivity index (χ3n) is 8.09. The molecule has 2 aromatic heterocycles. The number of H-pyrrole nitrogens is 1. The van der Waals surface area contributed by atoms with Crippen LogP contribution in [0.1, 0.15) is 38.2 Å². The SMILES string of the molecule is Cc1cc(C)c(N(C(CNC(=O)c2cn(CCc3ccccc3)c3c(F)c(CNc4ncc[nH]4)c(F)cc3c2=O)C(=O)O)[SH](=O)=O)c(C)c1. The van der Waals surface area contributed by atoms with Gasteiger partial charge in [0.05, 0.1) is 23.1 Å². The number of anilines is 2. The van der Waals surface area contributed by atoms with Gasteiger partial charge in [0, 0.05) is 37.2 Å². The summed E-state index contributed by atoms with van der Waals surface area (Å²) in [5.74, 6) is -4.35. The van der Waals surface area contributed by atoms with Crippen molar-refractivity contribution in [3.63, 3.8) is 0 Å². The number of benzene rings is 3. The minimum absolute atomic E-state index is 0.0862. The summed E-state index contributed by atoms with van der Waals surface area (Å²) in [6.45, 7) is 4.16. The number of aromatic nitrogens is 3. The molecule has 0 spiro atoms. The Balaban J connectivity index is 1.53. The fourth-order valence-corrected chi connectivity index (χ4v) is 6.79. The van der Waals surface area contributed by atoms with E-state index in [-0.39, 0.29) is 35.8 Å². The molecular weight excluding hydrogens is 658 g/mol. The second kappa shape index (κ2) is 14.7. The topological polar surface area (TPSA) is 166 Å². The molecular formula is C34H34F2N6O6S. The number of carbonyl (C=O) groups excluding carboxylic acids is 1. The second-order valence-electron chi connectivity index (χ2n) is 11.5. The number of halogens is 2. The molecule has 4 N–H and O–H groups in total. The Morgan fingerprint density at radius 2 is 1.78 bits per heavy atom. The summed E-state index contributed by atoms with van der Waals surface area (Å²) < 4.78 is 58.4. The van der Waals surface area contributed by atoms with Crippen LogP contribution in [0.15, 0.2) is 71.9 Å². The third-order valence-corrected chi connectivity index (χ3v) is 8.92. The third kappa shape index (κ3) is 7.46. The summed E-state index contributed by atoms with van der Waals surface area (Å²) in [6, 6.07) is 11.7. The van der Waals surface area contributed by atoms with Crippen molar-refractivity contribution in [3.05, 3.63) is 122 Å². The van der Waals surface area contributed by atoms with Gasteiger partial charge in [0.2, 0.25) is 16.3 Å². The van der Waals surface area contributed by atoms with Crippen molar-refractivity contribution in [3.8, 4) is 0 Å². The van der Waals surface area contributed by atoms with Gasteiger partial charge in [-0.1, -0.05) is 48.0 Å². The molecule has 5 rings (SSSR count). The van der Waals surface area contributed by atoms with Crippen molar-refractivity contribution < 1.29 is 31.9 Å². The summed E-state index contributed by atoms with van der Waals surface area (Å²) in [6.07, 6.45) is 4.50. The molecule has 0 fully saturated rings. The lowest BCUT2D eigenvalue weighted by Gasteiger charge is -2.28. The zero-order valence-electron chi connectivity index (χ0n) is 26.8. The van der Waals surface area contributed by atoms with Gasteiger partial charge in [0.15, 0.2) is 17.8 Å². The van der Waals surface area contributed by atoms with E-state index in [0.29, 0.717) is 21.9 Å². The van der Waals surface area contributed by atoms with Gasteiger partial charge in [-0.15, -0.1) is 0 Å². The summed E-state index contributed by atoms with van der Waals surface area (Å²) in [5.41, 5.74) is 0.807. The Morgan fingerprint density at radius 3 is 2.39 bits per heavy atom. The summed E-state index contributed by atoms with van der Waals surface area (Å²) in [5, 5.41) is 14.8. The molecule has 0 saturated carbocycles. The number of imidazole rings is 1. The van der Waals surface area contributed by atoms with Gasteiger partial charge in [-0.2, -0.15) is 0 Å². The molecule has 0 bridgehead atoms. The van der Waals surface area contributed by atoms with Gasteiger partial charge in [-0.25, -0.2) is 27.0 Å². The van der Waals surface area contributed by atoms with Crippen molar-refractivity contribution >= 4 is 45.3 Å². The summed E-state index contributed by atoms with van der Waals surface area (Å²) in [4.78, 5) is 46.4. The number of carbonyl (C=O) groups is 2. The molecule has 0 aliphatic carbocycles. The number of carboxylic acid groups (broad SMARTS) is 1. The van der Waals surface area contributed by atoms with Crippen LogP contribution >= 0.6 is 0 Å². The average molecular weight is 693 g/mol. The fourth-order valence-electron chi connectivity index (χ4n) is 5.90. The number of aryl methyl sites for hydroxylation is 5. The number of fused-ring (bicyclic) bond motifs is 1. The van der Waals surface area contributed by atoms with E-state index < -0.39 is 63.4 Å².